The lowest BCUT2D eigenvalue weighted by molar-refractivity contribution is -0.118. The Labute approximate surface area is 123 Å². The van der Waals surface area contributed by atoms with Gasteiger partial charge in [-0.15, -0.1) is 0 Å². The first-order chi connectivity index (χ1) is 9.79. The fourth-order valence-electron chi connectivity index (χ4n) is 2.23. The number of unbranched alkanes of at least 4 members (excludes halogenated alkanes) is 4. The van der Waals surface area contributed by atoms with Crippen LogP contribution < -0.4 is 10.6 Å². The first-order valence-electron chi connectivity index (χ1n) is 7.85. The molecule has 0 radical (unpaired) electrons. The van der Waals surface area contributed by atoms with Gasteiger partial charge in [-0.2, -0.15) is 0 Å². The summed E-state index contributed by atoms with van der Waals surface area (Å²) in [6.07, 6.45) is 7.05. The maximum Gasteiger partial charge on any atom is 0.226 e. The van der Waals surface area contributed by atoms with Crippen molar-refractivity contribution in [3.8, 4) is 0 Å². The highest BCUT2D eigenvalue weighted by Crippen LogP contribution is 2.16. The fourth-order valence-corrected chi connectivity index (χ4v) is 2.23. The summed E-state index contributed by atoms with van der Waals surface area (Å²) in [5, 5.41) is 0. The van der Waals surface area contributed by atoms with Crippen LogP contribution in [0, 0.1) is 0 Å². The minimum Gasteiger partial charge on any atom is -0.330 e. The molecule has 0 aliphatic rings. The minimum atomic E-state index is 0.248. The van der Waals surface area contributed by atoms with Gasteiger partial charge in [0.05, 0.1) is 0 Å². The largest absolute Gasteiger partial charge is 0.330 e. The fraction of sp³-hybridized carbons (Fsp3) is 0.588. The van der Waals surface area contributed by atoms with Crippen LogP contribution in [0.2, 0.25) is 0 Å². The molecule has 2 N–H and O–H groups in total. The van der Waals surface area contributed by atoms with E-state index < -0.39 is 0 Å². The van der Waals surface area contributed by atoms with Crippen LogP contribution in [0.4, 0.5) is 5.69 Å². The highest BCUT2D eigenvalue weighted by molar-refractivity contribution is 5.93. The molecule has 1 rings (SSSR count). The van der Waals surface area contributed by atoms with Crippen LogP contribution in [0.5, 0.6) is 0 Å². The second-order valence-electron chi connectivity index (χ2n) is 5.19. The van der Waals surface area contributed by atoms with Crippen LogP contribution in [0.1, 0.15) is 51.9 Å². The van der Waals surface area contributed by atoms with Crippen molar-refractivity contribution in [1.29, 1.82) is 0 Å². The second-order valence-corrected chi connectivity index (χ2v) is 5.19. The predicted octanol–water partition coefficient (Wildman–Crippen LogP) is 3.73. The Hall–Kier alpha value is -1.35. The van der Waals surface area contributed by atoms with Crippen molar-refractivity contribution in [3.63, 3.8) is 0 Å². The van der Waals surface area contributed by atoms with Crippen LogP contribution in [-0.2, 0) is 4.79 Å². The van der Waals surface area contributed by atoms with Gasteiger partial charge in [0, 0.05) is 18.7 Å². The summed E-state index contributed by atoms with van der Waals surface area (Å²) in [4.78, 5) is 14.3. The summed E-state index contributed by atoms with van der Waals surface area (Å²) in [6, 6.07) is 9.99. The van der Waals surface area contributed by atoms with Gasteiger partial charge in [0.1, 0.15) is 0 Å². The molecular weight excluding hydrogens is 248 g/mol. The van der Waals surface area contributed by atoms with Crippen LogP contribution in [0.3, 0.4) is 0 Å². The van der Waals surface area contributed by atoms with E-state index in [0.717, 1.165) is 57.3 Å². The third-order valence-corrected chi connectivity index (χ3v) is 3.45. The van der Waals surface area contributed by atoms with Crippen molar-refractivity contribution in [1.82, 2.24) is 0 Å². The Balaban J connectivity index is 2.48. The van der Waals surface area contributed by atoms with Crippen molar-refractivity contribution in [3.05, 3.63) is 30.3 Å². The van der Waals surface area contributed by atoms with Crippen LogP contribution in [0.15, 0.2) is 30.3 Å². The lowest BCUT2D eigenvalue weighted by atomic mass is 10.1. The van der Waals surface area contributed by atoms with E-state index >= 15 is 0 Å². The predicted molar refractivity (Wildman–Crippen MR) is 85.8 cm³/mol. The molecule has 1 aromatic rings. The van der Waals surface area contributed by atoms with E-state index in [-0.39, 0.29) is 5.91 Å². The summed E-state index contributed by atoms with van der Waals surface area (Å²) in [5.41, 5.74) is 6.50. The van der Waals surface area contributed by atoms with E-state index in [9.17, 15) is 4.79 Å². The van der Waals surface area contributed by atoms with E-state index in [1.165, 1.54) is 0 Å². The van der Waals surface area contributed by atoms with Crippen molar-refractivity contribution >= 4 is 11.6 Å². The molecule has 20 heavy (non-hydrogen) atoms. The lowest BCUT2D eigenvalue weighted by Crippen LogP contribution is -2.31. The van der Waals surface area contributed by atoms with Gasteiger partial charge in [-0.3, -0.25) is 4.79 Å². The number of hydrogen-bond acceptors (Lipinski definition) is 2. The molecule has 3 nitrogen and oxygen atoms in total. The van der Waals surface area contributed by atoms with Crippen LogP contribution in [-0.4, -0.2) is 19.0 Å². The molecule has 0 fully saturated rings. The normalized spacial score (nSPS) is 10.5. The molecule has 3 heteroatoms. The van der Waals surface area contributed by atoms with Gasteiger partial charge in [-0.05, 0) is 37.9 Å². The maximum atomic E-state index is 12.4. The molecule has 0 atom stereocenters. The van der Waals surface area contributed by atoms with Crippen molar-refractivity contribution < 1.29 is 4.79 Å². The molecule has 0 saturated carbocycles. The van der Waals surface area contributed by atoms with Crippen molar-refractivity contribution in [2.75, 3.05) is 18.0 Å². The molecule has 0 bridgehead atoms. The zero-order valence-electron chi connectivity index (χ0n) is 12.7. The summed E-state index contributed by atoms with van der Waals surface area (Å²) >= 11 is 0. The van der Waals surface area contributed by atoms with Crippen molar-refractivity contribution in [2.24, 2.45) is 5.73 Å². The highest BCUT2D eigenvalue weighted by atomic mass is 16.2. The molecular formula is C17H28N2O. The highest BCUT2D eigenvalue weighted by Gasteiger charge is 2.14. The summed E-state index contributed by atoms with van der Waals surface area (Å²) in [6.45, 7) is 3.73. The minimum absolute atomic E-state index is 0.248. The number of rotatable bonds is 10. The number of carbonyl (C=O) groups is 1. The van der Waals surface area contributed by atoms with Crippen LogP contribution in [0.25, 0.3) is 0 Å². The molecule has 0 aliphatic carbocycles. The number of nitrogens with zero attached hydrogens (tertiary/aromatic N) is 1. The molecule has 112 valence electrons. The number of hydrogen-bond donors (Lipinski definition) is 1. The summed E-state index contributed by atoms with van der Waals surface area (Å²) < 4.78 is 0. The molecule has 1 aromatic carbocycles. The first-order valence-corrected chi connectivity index (χ1v) is 7.85. The number of benzene rings is 1. The number of carbonyl (C=O) groups excluding carboxylic acids is 1. The standard InChI is InChI=1S/C17H28N2O/c1-2-3-15-19(16-11-7-6-8-12-16)17(20)13-9-4-5-10-14-18/h6-8,11-12H,2-5,9-10,13-15,18H2,1H3. The van der Waals surface area contributed by atoms with Gasteiger partial charge in [0.25, 0.3) is 0 Å². The second kappa shape index (κ2) is 10.4. The summed E-state index contributed by atoms with van der Waals surface area (Å²) in [7, 11) is 0. The molecule has 0 aromatic heterocycles. The van der Waals surface area contributed by atoms with Crippen LogP contribution >= 0.6 is 0 Å². The number of anilines is 1. The smallest absolute Gasteiger partial charge is 0.226 e. The van der Waals surface area contributed by atoms with Gasteiger partial charge in [0.2, 0.25) is 5.91 Å². The average Bonchev–Trinajstić information content (AvgIpc) is 2.48. The zero-order chi connectivity index (χ0) is 14.6. The van der Waals surface area contributed by atoms with E-state index in [1.54, 1.807) is 0 Å². The quantitative estimate of drug-likeness (QED) is 0.662. The lowest BCUT2D eigenvalue weighted by Gasteiger charge is -2.22. The maximum absolute atomic E-state index is 12.4. The molecule has 1 amide bonds. The Kier molecular flexibility index (Phi) is 8.72. The van der Waals surface area contributed by atoms with E-state index in [2.05, 4.69) is 6.92 Å². The number of amides is 1. The van der Waals surface area contributed by atoms with Gasteiger partial charge in [0.15, 0.2) is 0 Å². The molecule has 0 saturated heterocycles. The van der Waals surface area contributed by atoms with E-state index in [0.29, 0.717) is 6.42 Å². The Morgan fingerprint density at radius 2 is 1.75 bits per heavy atom. The Morgan fingerprint density at radius 1 is 1.05 bits per heavy atom. The third-order valence-electron chi connectivity index (χ3n) is 3.45. The number of nitrogens with two attached hydrogens (primary N) is 1. The van der Waals surface area contributed by atoms with Crippen molar-refractivity contribution in [2.45, 2.75) is 51.9 Å². The Morgan fingerprint density at radius 3 is 2.40 bits per heavy atom. The van der Waals surface area contributed by atoms with E-state index in [4.69, 9.17) is 5.73 Å². The third kappa shape index (κ3) is 6.20. The summed E-state index contributed by atoms with van der Waals surface area (Å²) in [5.74, 6) is 0.248. The molecule has 0 heterocycles. The van der Waals surface area contributed by atoms with Gasteiger partial charge < -0.3 is 10.6 Å². The SMILES string of the molecule is CCCCN(C(=O)CCCCCCN)c1ccccc1. The Bertz CT molecular complexity index is 365. The number of para-hydroxylation sites is 1. The average molecular weight is 276 g/mol. The van der Waals surface area contributed by atoms with E-state index in [1.807, 2.05) is 35.2 Å². The molecule has 0 spiro atoms. The molecule has 0 unspecified atom stereocenters. The first kappa shape index (κ1) is 16.7. The van der Waals surface area contributed by atoms with Gasteiger partial charge in [-0.25, -0.2) is 0 Å². The monoisotopic (exact) mass is 276 g/mol. The zero-order valence-corrected chi connectivity index (χ0v) is 12.7. The van der Waals surface area contributed by atoms with Gasteiger partial charge >= 0.3 is 0 Å². The topological polar surface area (TPSA) is 46.3 Å². The van der Waals surface area contributed by atoms with Gasteiger partial charge in [-0.1, -0.05) is 44.4 Å². The molecule has 0 aliphatic heterocycles.